The van der Waals surface area contributed by atoms with Crippen molar-refractivity contribution in [3.8, 4) is 0 Å². The Labute approximate surface area is 104 Å². The van der Waals surface area contributed by atoms with Crippen molar-refractivity contribution in [2.45, 2.75) is 38.7 Å². The Hall–Kier alpha value is 0.230. The summed E-state index contributed by atoms with van der Waals surface area (Å²) < 4.78 is 10.9. The summed E-state index contributed by atoms with van der Waals surface area (Å²) in [7, 11) is 1.76. The topological polar surface area (TPSA) is 21.7 Å². The summed E-state index contributed by atoms with van der Waals surface area (Å²) in [5, 5.41) is 0. The van der Waals surface area contributed by atoms with Crippen molar-refractivity contribution in [2.75, 3.05) is 39.1 Å². The first-order valence-corrected chi connectivity index (χ1v) is 7.27. The fourth-order valence-electron chi connectivity index (χ4n) is 1.80. The average Bonchev–Trinajstić information content (AvgIpc) is 2.33. The standard InChI is InChI=1S/C12H25NO2S/c1-3-4-11-16-15-12-5-7-13(8-6-12)9-10-14-2/h12H,3-11H2,1-2H3. The molecule has 1 saturated heterocycles. The van der Waals surface area contributed by atoms with Gasteiger partial charge in [0.15, 0.2) is 0 Å². The third kappa shape index (κ3) is 6.09. The molecule has 1 fully saturated rings. The molecule has 0 aliphatic carbocycles. The van der Waals surface area contributed by atoms with Gasteiger partial charge in [0.05, 0.1) is 12.7 Å². The molecule has 0 aromatic rings. The van der Waals surface area contributed by atoms with Crippen molar-refractivity contribution in [3.05, 3.63) is 0 Å². The lowest BCUT2D eigenvalue weighted by molar-refractivity contribution is 0.0901. The van der Waals surface area contributed by atoms with Gasteiger partial charge in [-0.1, -0.05) is 13.3 Å². The number of rotatable bonds is 8. The maximum Gasteiger partial charge on any atom is 0.0746 e. The van der Waals surface area contributed by atoms with Gasteiger partial charge in [-0.3, -0.25) is 0 Å². The Bertz CT molecular complexity index is 161. The molecule has 1 aliphatic rings. The normalized spacial score (nSPS) is 19.1. The van der Waals surface area contributed by atoms with Gasteiger partial charge < -0.3 is 13.8 Å². The highest BCUT2D eigenvalue weighted by Gasteiger charge is 2.19. The lowest BCUT2D eigenvalue weighted by atomic mass is 10.1. The van der Waals surface area contributed by atoms with E-state index in [0.717, 1.165) is 32.0 Å². The van der Waals surface area contributed by atoms with E-state index in [1.807, 2.05) is 0 Å². The molecule has 0 bridgehead atoms. The zero-order valence-corrected chi connectivity index (χ0v) is 11.4. The van der Waals surface area contributed by atoms with Crippen LogP contribution in [0.15, 0.2) is 0 Å². The molecule has 1 aliphatic heterocycles. The molecule has 0 atom stereocenters. The maximum atomic E-state index is 5.80. The van der Waals surface area contributed by atoms with Crippen LogP contribution in [0.2, 0.25) is 0 Å². The molecule has 0 radical (unpaired) electrons. The largest absolute Gasteiger partial charge is 0.383 e. The third-order valence-electron chi connectivity index (χ3n) is 2.93. The molecule has 3 nitrogen and oxygen atoms in total. The maximum absolute atomic E-state index is 5.80. The summed E-state index contributed by atoms with van der Waals surface area (Å²) in [5.41, 5.74) is 0. The molecule has 4 heteroatoms. The number of unbranched alkanes of at least 4 members (excludes halogenated alkanes) is 1. The number of piperidine rings is 1. The number of nitrogens with zero attached hydrogens (tertiary/aromatic N) is 1. The zero-order chi connectivity index (χ0) is 11.6. The lowest BCUT2D eigenvalue weighted by Crippen LogP contribution is -2.38. The van der Waals surface area contributed by atoms with E-state index in [0.29, 0.717) is 6.10 Å². The van der Waals surface area contributed by atoms with Gasteiger partial charge in [0, 0.05) is 32.5 Å². The van der Waals surface area contributed by atoms with E-state index in [1.54, 1.807) is 19.2 Å². The van der Waals surface area contributed by atoms with E-state index in [1.165, 1.54) is 25.7 Å². The summed E-state index contributed by atoms with van der Waals surface area (Å²) in [4.78, 5) is 2.46. The van der Waals surface area contributed by atoms with Crippen LogP contribution >= 0.6 is 12.0 Å². The molecule has 96 valence electrons. The fourth-order valence-corrected chi connectivity index (χ4v) is 2.68. The Morgan fingerprint density at radius 2 is 2.06 bits per heavy atom. The van der Waals surface area contributed by atoms with Crippen LogP contribution in [0.5, 0.6) is 0 Å². The van der Waals surface area contributed by atoms with Gasteiger partial charge >= 0.3 is 0 Å². The smallest absolute Gasteiger partial charge is 0.0746 e. The molecular formula is C12H25NO2S. The van der Waals surface area contributed by atoms with Crippen molar-refractivity contribution in [1.82, 2.24) is 4.90 Å². The predicted molar refractivity (Wildman–Crippen MR) is 69.8 cm³/mol. The van der Waals surface area contributed by atoms with Crippen LogP contribution in [0, 0.1) is 0 Å². The van der Waals surface area contributed by atoms with Gasteiger partial charge in [0.25, 0.3) is 0 Å². The minimum Gasteiger partial charge on any atom is -0.383 e. The molecule has 0 amide bonds. The van der Waals surface area contributed by atoms with Crippen LogP contribution in [0.3, 0.4) is 0 Å². The molecule has 0 unspecified atom stereocenters. The molecule has 1 heterocycles. The summed E-state index contributed by atoms with van der Waals surface area (Å²) in [5.74, 6) is 1.14. The van der Waals surface area contributed by atoms with Gasteiger partial charge in [0.1, 0.15) is 0 Å². The number of ether oxygens (including phenoxy) is 1. The van der Waals surface area contributed by atoms with E-state index < -0.39 is 0 Å². The molecule has 0 N–H and O–H groups in total. The van der Waals surface area contributed by atoms with Crippen LogP contribution in [0.4, 0.5) is 0 Å². The van der Waals surface area contributed by atoms with Crippen LogP contribution in [0.1, 0.15) is 32.6 Å². The minimum absolute atomic E-state index is 0.473. The number of methoxy groups -OCH3 is 1. The van der Waals surface area contributed by atoms with E-state index in [9.17, 15) is 0 Å². The first-order chi connectivity index (χ1) is 7.86. The van der Waals surface area contributed by atoms with Crippen LogP contribution in [-0.2, 0) is 8.92 Å². The van der Waals surface area contributed by atoms with Crippen molar-refractivity contribution >= 4 is 12.0 Å². The predicted octanol–water partition coefficient (Wildman–Crippen LogP) is 2.56. The quantitative estimate of drug-likeness (QED) is 0.485. The summed E-state index contributed by atoms with van der Waals surface area (Å²) in [6.45, 7) is 6.43. The second-order valence-corrected chi connectivity index (χ2v) is 5.14. The van der Waals surface area contributed by atoms with E-state index in [2.05, 4.69) is 11.8 Å². The highest BCUT2D eigenvalue weighted by molar-refractivity contribution is 7.94. The van der Waals surface area contributed by atoms with Crippen molar-refractivity contribution in [3.63, 3.8) is 0 Å². The van der Waals surface area contributed by atoms with Gasteiger partial charge in [-0.25, -0.2) is 0 Å². The van der Waals surface area contributed by atoms with Gasteiger partial charge in [0.2, 0.25) is 0 Å². The van der Waals surface area contributed by atoms with E-state index >= 15 is 0 Å². The molecule has 0 aromatic carbocycles. The van der Waals surface area contributed by atoms with Crippen LogP contribution in [0.25, 0.3) is 0 Å². The Kier molecular flexibility index (Phi) is 8.29. The Morgan fingerprint density at radius 3 is 2.69 bits per heavy atom. The number of hydrogen-bond donors (Lipinski definition) is 0. The van der Waals surface area contributed by atoms with Gasteiger partial charge in [-0.05, 0) is 31.3 Å². The van der Waals surface area contributed by atoms with E-state index in [-0.39, 0.29) is 0 Å². The average molecular weight is 247 g/mol. The highest BCUT2D eigenvalue weighted by atomic mass is 32.2. The van der Waals surface area contributed by atoms with Crippen molar-refractivity contribution < 1.29 is 8.92 Å². The Balaban J connectivity index is 1.98. The zero-order valence-electron chi connectivity index (χ0n) is 10.6. The van der Waals surface area contributed by atoms with Crippen LogP contribution < -0.4 is 0 Å². The first kappa shape index (κ1) is 14.3. The summed E-state index contributed by atoms with van der Waals surface area (Å²) >= 11 is 1.66. The summed E-state index contributed by atoms with van der Waals surface area (Å²) in [6, 6.07) is 0. The second-order valence-electron chi connectivity index (χ2n) is 4.31. The molecule has 16 heavy (non-hydrogen) atoms. The number of likely N-dealkylation sites (tertiary alicyclic amines) is 1. The SMILES string of the molecule is CCCCSOC1CCN(CCOC)CC1. The molecule has 0 spiro atoms. The lowest BCUT2D eigenvalue weighted by Gasteiger charge is -2.31. The van der Waals surface area contributed by atoms with Crippen molar-refractivity contribution in [2.24, 2.45) is 0 Å². The van der Waals surface area contributed by atoms with Gasteiger partial charge in [-0.15, -0.1) is 0 Å². The number of hydrogen-bond acceptors (Lipinski definition) is 4. The fraction of sp³-hybridized carbons (Fsp3) is 1.00. The molecule has 0 saturated carbocycles. The minimum atomic E-state index is 0.473. The molecule has 1 rings (SSSR count). The van der Waals surface area contributed by atoms with Gasteiger partial charge in [-0.2, -0.15) is 0 Å². The Morgan fingerprint density at radius 1 is 1.31 bits per heavy atom. The third-order valence-corrected chi connectivity index (χ3v) is 3.80. The van der Waals surface area contributed by atoms with Crippen LogP contribution in [-0.4, -0.2) is 50.1 Å². The second kappa shape index (κ2) is 9.28. The van der Waals surface area contributed by atoms with Crippen molar-refractivity contribution in [1.29, 1.82) is 0 Å². The summed E-state index contributed by atoms with van der Waals surface area (Å²) in [6.07, 6.45) is 5.33. The van der Waals surface area contributed by atoms with E-state index in [4.69, 9.17) is 8.92 Å². The monoisotopic (exact) mass is 247 g/mol. The molecular weight excluding hydrogens is 222 g/mol. The molecule has 0 aromatic heterocycles. The highest BCUT2D eigenvalue weighted by Crippen LogP contribution is 2.19. The first-order valence-electron chi connectivity index (χ1n) is 6.36.